The molecule has 1 aliphatic carbocycles. The van der Waals surface area contributed by atoms with Crippen LogP contribution in [-0.4, -0.2) is 17.8 Å². The summed E-state index contributed by atoms with van der Waals surface area (Å²) < 4.78 is 0. The van der Waals surface area contributed by atoms with Gasteiger partial charge in [0.2, 0.25) is 6.41 Å². The summed E-state index contributed by atoms with van der Waals surface area (Å²) in [5.74, 6) is 0. The van der Waals surface area contributed by atoms with E-state index < -0.39 is 0 Å². The van der Waals surface area contributed by atoms with Crippen molar-refractivity contribution >= 4 is 18.0 Å². The number of carbonyl (C=O) groups is 1. The first-order valence-electron chi connectivity index (χ1n) is 3.68. The lowest BCUT2D eigenvalue weighted by molar-refractivity contribution is -0.110. The molecule has 10 heavy (non-hydrogen) atoms. The molecule has 0 heterocycles. The summed E-state index contributed by atoms with van der Waals surface area (Å²) in [5.41, 5.74) is 0. The Morgan fingerprint density at radius 1 is 1.40 bits per heavy atom. The van der Waals surface area contributed by atoms with Crippen molar-refractivity contribution in [1.29, 1.82) is 0 Å². The number of carbonyl (C=O) groups excluding carboxylic acids is 1. The maximum Gasteiger partial charge on any atom is 0.207 e. The summed E-state index contributed by atoms with van der Waals surface area (Å²) >= 11 is 5.94. The molecule has 2 nitrogen and oxygen atoms in total. The number of hydrogen-bond donors (Lipinski definition) is 1. The number of halogens is 1. The molecule has 2 atom stereocenters. The standard InChI is InChI=1S/C7H12ClNO/c8-6-3-1-2-4-7(6)9-5-10/h5-7H,1-4H2,(H,9,10). The Labute approximate surface area is 65.9 Å². The SMILES string of the molecule is O=CNC1CCCCC1Cl. The first-order chi connectivity index (χ1) is 4.84. The zero-order valence-corrected chi connectivity index (χ0v) is 6.60. The molecule has 1 fully saturated rings. The van der Waals surface area contributed by atoms with Gasteiger partial charge in [0.05, 0.1) is 5.38 Å². The summed E-state index contributed by atoms with van der Waals surface area (Å²) in [6.45, 7) is 0. The van der Waals surface area contributed by atoms with Gasteiger partial charge in [-0.3, -0.25) is 4.79 Å². The van der Waals surface area contributed by atoms with E-state index in [2.05, 4.69) is 5.32 Å². The van der Waals surface area contributed by atoms with Gasteiger partial charge in [0.25, 0.3) is 0 Å². The second-order valence-electron chi connectivity index (χ2n) is 2.69. The van der Waals surface area contributed by atoms with Gasteiger partial charge in [0, 0.05) is 6.04 Å². The third kappa shape index (κ3) is 1.87. The summed E-state index contributed by atoms with van der Waals surface area (Å²) in [6, 6.07) is 0.216. The quantitative estimate of drug-likeness (QED) is 0.480. The predicted octanol–water partition coefficient (Wildman–Crippen LogP) is 1.28. The lowest BCUT2D eigenvalue weighted by Gasteiger charge is -2.25. The van der Waals surface area contributed by atoms with Crippen molar-refractivity contribution in [2.24, 2.45) is 0 Å². The van der Waals surface area contributed by atoms with Gasteiger partial charge in [0.1, 0.15) is 0 Å². The highest BCUT2D eigenvalue weighted by Gasteiger charge is 2.21. The molecule has 0 aromatic rings. The number of alkyl halides is 1. The van der Waals surface area contributed by atoms with E-state index in [1.807, 2.05) is 0 Å². The first kappa shape index (κ1) is 7.86. The largest absolute Gasteiger partial charge is 0.354 e. The Bertz CT molecular complexity index is 118. The van der Waals surface area contributed by atoms with Crippen molar-refractivity contribution in [2.75, 3.05) is 0 Å². The third-order valence-electron chi connectivity index (χ3n) is 1.96. The molecule has 58 valence electrons. The van der Waals surface area contributed by atoms with E-state index in [1.165, 1.54) is 12.8 Å². The van der Waals surface area contributed by atoms with Crippen molar-refractivity contribution < 1.29 is 4.79 Å². The van der Waals surface area contributed by atoms with E-state index in [4.69, 9.17) is 11.6 Å². The smallest absolute Gasteiger partial charge is 0.207 e. The Kier molecular flexibility index (Phi) is 3.00. The third-order valence-corrected chi connectivity index (χ3v) is 2.49. The Morgan fingerprint density at radius 2 is 2.10 bits per heavy atom. The van der Waals surface area contributed by atoms with Gasteiger partial charge in [-0.1, -0.05) is 12.8 Å². The molecule has 0 saturated heterocycles. The number of nitrogens with one attached hydrogen (secondary N) is 1. The van der Waals surface area contributed by atoms with Gasteiger partial charge in [0.15, 0.2) is 0 Å². The van der Waals surface area contributed by atoms with Crippen LogP contribution in [0, 0.1) is 0 Å². The zero-order chi connectivity index (χ0) is 7.40. The molecular formula is C7H12ClNO. The Morgan fingerprint density at radius 3 is 2.70 bits per heavy atom. The molecule has 0 aromatic heterocycles. The zero-order valence-electron chi connectivity index (χ0n) is 5.85. The monoisotopic (exact) mass is 161 g/mol. The van der Waals surface area contributed by atoms with E-state index >= 15 is 0 Å². The van der Waals surface area contributed by atoms with E-state index in [0.717, 1.165) is 19.3 Å². The van der Waals surface area contributed by atoms with Crippen LogP contribution in [0.15, 0.2) is 0 Å². The maximum absolute atomic E-state index is 10.0. The van der Waals surface area contributed by atoms with Crippen LogP contribution in [-0.2, 0) is 4.79 Å². The minimum Gasteiger partial charge on any atom is -0.354 e. The van der Waals surface area contributed by atoms with Crippen LogP contribution in [0.25, 0.3) is 0 Å². The summed E-state index contributed by atoms with van der Waals surface area (Å²) in [6.07, 6.45) is 5.20. The lowest BCUT2D eigenvalue weighted by atomic mass is 9.95. The predicted molar refractivity (Wildman–Crippen MR) is 41.1 cm³/mol. The summed E-state index contributed by atoms with van der Waals surface area (Å²) in [4.78, 5) is 10.0. The lowest BCUT2D eigenvalue weighted by Crippen LogP contribution is -2.38. The van der Waals surface area contributed by atoms with Gasteiger partial charge >= 0.3 is 0 Å². The van der Waals surface area contributed by atoms with Gasteiger partial charge in [-0.05, 0) is 12.8 Å². The van der Waals surface area contributed by atoms with E-state index in [1.54, 1.807) is 0 Å². The molecule has 3 heteroatoms. The summed E-state index contributed by atoms with van der Waals surface area (Å²) in [5, 5.41) is 2.87. The summed E-state index contributed by atoms with van der Waals surface area (Å²) in [7, 11) is 0. The topological polar surface area (TPSA) is 29.1 Å². The molecule has 0 radical (unpaired) electrons. The van der Waals surface area contributed by atoms with Crippen LogP contribution in [0.4, 0.5) is 0 Å². The Hall–Kier alpha value is -0.240. The van der Waals surface area contributed by atoms with E-state index in [0.29, 0.717) is 0 Å². The number of hydrogen-bond acceptors (Lipinski definition) is 1. The minimum absolute atomic E-state index is 0.152. The maximum atomic E-state index is 10.0. The fourth-order valence-electron chi connectivity index (χ4n) is 1.36. The van der Waals surface area contributed by atoms with Crippen LogP contribution in [0.3, 0.4) is 0 Å². The molecule has 2 unspecified atom stereocenters. The Balaban J connectivity index is 2.32. The van der Waals surface area contributed by atoms with Crippen LogP contribution >= 0.6 is 11.6 Å². The molecule has 0 bridgehead atoms. The van der Waals surface area contributed by atoms with Crippen molar-refractivity contribution in [1.82, 2.24) is 5.32 Å². The molecule has 0 aliphatic heterocycles. The van der Waals surface area contributed by atoms with Crippen LogP contribution in [0.2, 0.25) is 0 Å². The number of rotatable bonds is 2. The van der Waals surface area contributed by atoms with Gasteiger partial charge in [-0.15, -0.1) is 11.6 Å². The average molecular weight is 162 g/mol. The van der Waals surface area contributed by atoms with Crippen LogP contribution in [0.1, 0.15) is 25.7 Å². The fourth-order valence-corrected chi connectivity index (χ4v) is 1.71. The second-order valence-corrected chi connectivity index (χ2v) is 3.25. The highest BCUT2D eigenvalue weighted by molar-refractivity contribution is 6.21. The van der Waals surface area contributed by atoms with Crippen molar-refractivity contribution in [3.8, 4) is 0 Å². The van der Waals surface area contributed by atoms with E-state index in [9.17, 15) is 4.79 Å². The molecule has 1 amide bonds. The highest BCUT2D eigenvalue weighted by Crippen LogP contribution is 2.22. The fraction of sp³-hybridized carbons (Fsp3) is 0.857. The normalized spacial score (nSPS) is 33.3. The molecule has 0 spiro atoms. The molecule has 0 aromatic carbocycles. The average Bonchev–Trinajstić information content (AvgIpc) is 1.94. The van der Waals surface area contributed by atoms with E-state index in [-0.39, 0.29) is 11.4 Å². The van der Waals surface area contributed by atoms with Gasteiger partial charge < -0.3 is 5.32 Å². The van der Waals surface area contributed by atoms with Crippen LogP contribution in [0.5, 0.6) is 0 Å². The molecule has 1 rings (SSSR count). The van der Waals surface area contributed by atoms with Gasteiger partial charge in [-0.2, -0.15) is 0 Å². The number of amides is 1. The first-order valence-corrected chi connectivity index (χ1v) is 4.12. The van der Waals surface area contributed by atoms with Crippen molar-refractivity contribution in [3.05, 3.63) is 0 Å². The van der Waals surface area contributed by atoms with Crippen molar-refractivity contribution in [2.45, 2.75) is 37.1 Å². The minimum atomic E-state index is 0.152. The molecule has 1 N–H and O–H groups in total. The van der Waals surface area contributed by atoms with Crippen molar-refractivity contribution in [3.63, 3.8) is 0 Å². The molecule has 1 saturated carbocycles. The molecule has 1 aliphatic rings. The highest BCUT2D eigenvalue weighted by atomic mass is 35.5. The molecular weight excluding hydrogens is 150 g/mol. The second kappa shape index (κ2) is 3.81. The van der Waals surface area contributed by atoms with Gasteiger partial charge in [-0.25, -0.2) is 0 Å². The van der Waals surface area contributed by atoms with Crippen LogP contribution < -0.4 is 5.32 Å².